The van der Waals surface area contributed by atoms with Crippen LogP contribution in [0.4, 0.5) is 0 Å². The summed E-state index contributed by atoms with van der Waals surface area (Å²) in [4.78, 5) is 4.54. The standard InChI is InChI=1S/C16H14BrCl2N3/c17-12-4-1-10(2-5-12)15-8-16(22-21-15)20-9-11-3-6-13(18)7-14(11)19/h1-7,9,15-16,21-22H,8H2/b20-9+. The molecule has 1 heterocycles. The van der Waals surface area contributed by atoms with Crippen molar-refractivity contribution in [2.45, 2.75) is 18.6 Å². The highest BCUT2D eigenvalue weighted by Gasteiger charge is 2.23. The average molecular weight is 399 g/mol. The molecule has 6 heteroatoms. The molecule has 2 N–H and O–H groups in total. The van der Waals surface area contributed by atoms with Gasteiger partial charge in [0, 0.05) is 33.7 Å². The summed E-state index contributed by atoms with van der Waals surface area (Å²) in [6.07, 6.45) is 2.67. The normalized spacial score (nSPS) is 21.6. The summed E-state index contributed by atoms with van der Waals surface area (Å²) >= 11 is 15.5. The van der Waals surface area contributed by atoms with E-state index < -0.39 is 0 Å². The SMILES string of the molecule is Clc1ccc(/C=N/C2CC(c3ccc(Br)cc3)NN2)c(Cl)c1. The fraction of sp³-hybridized carbons (Fsp3) is 0.188. The van der Waals surface area contributed by atoms with Gasteiger partial charge in [-0.25, -0.2) is 10.9 Å². The summed E-state index contributed by atoms with van der Waals surface area (Å²) in [5, 5.41) is 1.23. The molecule has 3 nitrogen and oxygen atoms in total. The summed E-state index contributed by atoms with van der Waals surface area (Å²) in [6, 6.07) is 13.9. The van der Waals surface area contributed by atoms with Crippen LogP contribution in [0.1, 0.15) is 23.6 Å². The molecule has 0 spiro atoms. The molecular formula is C16H14BrCl2N3. The molecule has 0 radical (unpaired) electrons. The predicted molar refractivity (Wildman–Crippen MR) is 95.6 cm³/mol. The molecule has 2 aromatic carbocycles. The van der Waals surface area contributed by atoms with Crippen LogP contribution >= 0.6 is 39.1 Å². The van der Waals surface area contributed by atoms with Crippen LogP contribution < -0.4 is 10.9 Å². The van der Waals surface area contributed by atoms with Crippen molar-refractivity contribution in [1.29, 1.82) is 0 Å². The highest BCUT2D eigenvalue weighted by molar-refractivity contribution is 9.10. The Morgan fingerprint density at radius 2 is 1.86 bits per heavy atom. The smallest absolute Gasteiger partial charge is 0.114 e. The van der Waals surface area contributed by atoms with E-state index in [2.05, 4.69) is 43.9 Å². The zero-order chi connectivity index (χ0) is 15.5. The van der Waals surface area contributed by atoms with Crippen LogP contribution in [0.3, 0.4) is 0 Å². The lowest BCUT2D eigenvalue weighted by atomic mass is 10.0. The van der Waals surface area contributed by atoms with Crippen LogP contribution in [0.5, 0.6) is 0 Å². The number of nitrogens with zero attached hydrogens (tertiary/aromatic N) is 1. The number of hydrazine groups is 1. The Hall–Kier alpha value is -0.910. The maximum atomic E-state index is 6.14. The van der Waals surface area contributed by atoms with Crippen molar-refractivity contribution < 1.29 is 0 Å². The third kappa shape index (κ3) is 3.89. The first-order valence-electron chi connectivity index (χ1n) is 6.86. The predicted octanol–water partition coefficient (Wildman–Crippen LogP) is 4.74. The monoisotopic (exact) mass is 397 g/mol. The van der Waals surface area contributed by atoms with E-state index in [4.69, 9.17) is 23.2 Å². The lowest BCUT2D eigenvalue weighted by Gasteiger charge is -2.08. The van der Waals surface area contributed by atoms with Crippen molar-refractivity contribution in [2.24, 2.45) is 4.99 Å². The van der Waals surface area contributed by atoms with E-state index in [9.17, 15) is 0 Å². The minimum atomic E-state index is 0.0143. The van der Waals surface area contributed by atoms with Gasteiger partial charge in [-0.2, -0.15) is 0 Å². The Labute approximate surface area is 147 Å². The number of hydrogen-bond donors (Lipinski definition) is 2. The molecule has 2 unspecified atom stereocenters. The molecule has 0 saturated carbocycles. The highest BCUT2D eigenvalue weighted by Crippen LogP contribution is 2.24. The Morgan fingerprint density at radius 3 is 2.59 bits per heavy atom. The summed E-state index contributed by atoms with van der Waals surface area (Å²) in [7, 11) is 0. The van der Waals surface area contributed by atoms with Crippen LogP contribution in [-0.2, 0) is 0 Å². The van der Waals surface area contributed by atoms with Gasteiger partial charge >= 0.3 is 0 Å². The molecule has 1 aliphatic heterocycles. The quantitative estimate of drug-likeness (QED) is 0.732. The van der Waals surface area contributed by atoms with Crippen molar-refractivity contribution in [3.05, 3.63) is 68.1 Å². The fourth-order valence-corrected chi connectivity index (χ4v) is 3.05. The molecule has 114 valence electrons. The minimum Gasteiger partial charge on any atom is -0.272 e. The zero-order valence-corrected chi connectivity index (χ0v) is 14.7. The fourth-order valence-electron chi connectivity index (χ4n) is 2.33. The Balaban J connectivity index is 1.65. The molecule has 0 aromatic heterocycles. The number of aliphatic imine (C=N–C) groups is 1. The van der Waals surface area contributed by atoms with Gasteiger partial charge in [0.2, 0.25) is 0 Å². The summed E-state index contributed by atoms with van der Waals surface area (Å²) in [5.74, 6) is 0. The first kappa shape index (κ1) is 16.0. The van der Waals surface area contributed by atoms with E-state index in [0.717, 1.165) is 16.5 Å². The highest BCUT2D eigenvalue weighted by atomic mass is 79.9. The number of benzene rings is 2. The molecular weight excluding hydrogens is 385 g/mol. The first-order chi connectivity index (χ1) is 10.6. The van der Waals surface area contributed by atoms with E-state index in [0.29, 0.717) is 10.0 Å². The molecule has 1 saturated heterocycles. The molecule has 22 heavy (non-hydrogen) atoms. The third-order valence-electron chi connectivity index (χ3n) is 3.51. The average Bonchev–Trinajstić information content (AvgIpc) is 2.96. The number of nitrogens with one attached hydrogen (secondary N) is 2. The summed E-state index contributed by atoms with van der Waals surface area (Å²) in [6.45, 7) is 0. The van der Waals surface area contributed by atoms with Crippen molar-refractivity contribution in [1.82, 2.24) is 10.9 Å². The van der Waals surface area contributed by atoms with Gasteiger partial charge in [-0.15, -0.1) is 0 Å². The summed E-state index contributed by atoms with van der Waals surface area (Å²) in [5.41, 5.74) is 8.56. The second kappa shape index (κ2) is 7.11. The number of hydrogen-bond acceptors (Lipinski definition) is 3. The largest absolute Gasteiger partial charge is 0.272 e. The van der Waals surface area contributed by atoms with Crippen molar-refractivity contribution in [3.8, 4) is 0 Å². The second-order valence-corrected chi connectivity index (χ2v) is 6.85. The van der Waals surface area contributed by atoms with Gasteiger partial charge in [0.05, 0.1) is 5.02 Å². The first-order valence-corrected chi connectivity index (χ1v) is 8.41. The Kier molecular flexibility index (Phi) is 5.16. The van der Waals surface area contributed by atoms with Crippen LogP contribution in [0.15, 0.2) is 51.9 Å². The number of halogens is 3. The van der Waals surface area contributed by atoms with E-state index in [1.54, 1.807) is 18.3 Å². The lowest BCUT2D eigenvalue weighted by Crippen LogP contribution is -2.29. The minimum absolute atomic E-state index is 0.0143. The van der Waals surface area contributed by atoms with Crippen molar-refractivity contribution in [2.75, 3.05) is 0 Å². The van der Waals surface area contributed by atoms with Gasteiger partial charge in [-0.3, -0.25) is 4.99 Å². The van der Waals surface area contributed by atoms with E-state index in [-0.39, 0.29) is 12.2 Å². The summed E-state index contributed by atoms with van der Waals surface area (Å²) < 4.78 is 1.08. The molecule has 0 amide bonds. The lowest BCUT2D eigenvalue weighted by molar-refractivity contribution is 0.553. The molecule has 0 aliphatic carbocycles. The maximum Gasteiger partial charge on any atom is 0.114 e. The van der Waals surface area contributed by atoms with E-state index in [1.807, 2.05) is 18.2 Å². The molecule has 1 fully saturated rings. The molecule has 3 rings (SSSR count). The topological polar surface area (TPSA) is 36.4 Å². The van der Waals surface area contributed by atoms with Crippen LogP contribution in [0.2, 0.25) is 10.0 Å². The van der Waals surface area contributed by atoms with Crippen molar-refractivity contribution >= 4 is 45.3 Å². The Bertz CT molecular complexity index is 688. The van der Waals surface area contributed by atoms with Crippen LogP contribution in [0.25, 0.3) is 0 Å². The van der Waals surface area contributed by atoms with Crippen molar-refractivity contribution in [3.63, 3.8) is 0 Å². The van der Waals surface area contributed by atoms with Gasteiger partial charge in [0.15, 0.2) is 0 Å². The van der Waals surface area contributed by atoms with Gasteiger partial charge in [-0.1, -0.05) is 57.3 Å². The van der Waals surface area contributed by atoms with Gasteiger partial charge in [-0.05, 0) is 29.8 Å². The number of rotatable bonds is 3. The molecule has 2 atom stereocenters. The van der Waals surface area contributed by atoms with Crippen LogP contribution in [0, 0.1) is 0 Å². The Morgan fingerprint density at radius 1 is 1.09 bits per heavy atom. The van der Waals surface area contributed by atoms with E-state index in [1.165, 1.54) is 5.56 Å². The third-order valence-corrected chi connectivity index (χ3v) is 4.60. The second-order valence-electron chi connectivity index (χ2n) is 5.09. The molecule has 2 aromatic rings. The zero-order valence-electron chi connectivity index (χ0n) is 11.6. The van der Waals surface area contributed by atoms with Gasteiger partial charge < -0.3 is 0 Å². The molecule has 1 aliphatic rings. The van der Waals surface area contributed by atoms with Crippen LogP contribution in [-0.4, -0.2) is 12.4 Å². The van der Waals surface area contributed by atoms with E-state index >= 15 is 0 Å². The molecule has 0 bridgehead atoms. The maximum absolute atomic E-state index is 6.14. The van der Waals surface area contributed by atoms with Gasteiger partial charge in [0.1, 0.15) is 6.17 Å². The van der Waals surface area contributed by atoms with Gasteiger partial charge in [0.25, 0.3) is 0 Å².